The summed E-state index contributed by atoms with van der Waals surface area (Å²) in [7, 11) is 0. The zero-order valence-electron chi connectivity index (χ0n) is 9.58. The lowest BCUT2D eigenvalue weighted by Crippen LogP contribution is -2.40. The van der Waals surface area contributed by atoms with Crippen LogP contribution in [0.4, 0.5) is 0 Å². The van der Waals surface area contributed by atoms with E-state index in [0.29, 0.717) is 11.8 Å². The van der Waals surface area contributed by atoms with Crippen LogP contribution in [0.15, 0.2) is 12.2 Å². The van der Waals surface area contributed by atoms with Crippen molar-refractivity contribution < 1.29 is 14.4 Å². The summed E-state index contributed by atoms with van der Waals surface area (Å²) in [5.74, 6) is 0.745. The maximum atomic E-state index is 12.3. The van der Waals surface area contributed by atoms with E-state index in [2.05, 4.69) is 12.2 Å². The van der Waals surface area contributed by atoms with Crippen LogP contribution in [0.3, 0.4) is 0 Å². The van der Waals surface area contributed by atoms with Gasteiger partial charge in [0.25, 0.3) is 0 Å². The van der Waals surface area contributed by atoms with Crippen LogP contribution < -0.4 is 0 Å². The molecule has 1 saturated heterocycles. The van der Waals surface area contributed by atoms with Crippen LogP contribution in [0.2, 0.25) is 0 Å². The minimum atomic E-state index is -0.652. The summed E-state index contributed by atoms with van der Waals surface area (Å²) in [5.41, 5.74) is 0. The van der Waals surface area contributed by atoms with Crippen LogP contribution in [0.25, 0.3) is 0 Å². The number of hydrogen-bond donors (Lipinski definition) is 0. The molecule has 2 bridgehead atoms. The lowest BCUT2D eigenvalue weighted by atomic mass is 9.63. The first kappa shape index (κ1) is 10.7. The van der Waals surface area contributed by atoms with Crippen LogP contribution in [0.5, 0.6) is 0 Å². The first-order valence-corrected chi connectivity index (χ1v) is 6.69. The Morgan fingerprint density at radius 2 is 1.67 bits per heavy atom. The molecule has 5 rings (SSSR count). The van der Waals surface area contributed by atoms with Crippen molar-refractivity contribution in [2.24, 2.45) is 35.5 Å². The van der Waals surface area contributed by atoms with Crippen molar-refractivity contribution in [2.45, 2.75) is 6.42 Å². The topological polar surface area (TPSA) is 54.5 Å². The van der Waals surface area contributed by atoms with Gasteiger partial charge in [0.15, 0.2) is 0 Å². The third-order valence-corrected chi connectivity index (χ3v) is 5.16. The Hall–Kier alpha value is -1.16. The van der Waals surface area contributed by atoms with E-state index in [4.69, 9.17) is 11.6 Å². The summed E-state index contributed by atoms with van der Waals surface area (Å²) in [6.07, 6.45) is 5.36. The maximum absolute atomic E-state index is 12.3. The van der Waals surface area contributed by atoms with Crippen molar-refractivity contribution >= 4 is 28.7 Å². The largest absolute Gasteiger partial charge is 0.279 e. The highest BCUT2D eigenvalue weighted by Gasteiger charge is 2.66. The number of rotatable bonds is 2. The van der Waals surface area contributed by atoms with Crippen LogP contribution in [-0.4, -0.2) is 28.5 Å². The van der Waals surface area contributed by atoms with Crippen LogP contribution >= 0.6 is 11.6 Å². The average molecular weight is 266 g/mol. The molecule has 6 atom stereocenters. The van der Waals surface area contributed by atoms with Crippen LogP contribution in [-0.2, 0) is 14.4 Å². The summed E-state index contributed by atoms with van der Waals surface area (Å²) in [4.78, 5) is 36.6. The van der Waals surface area contributed by atoms with Crippen molar-refractivity contribution in [1.82, 2.24) is 4.90 Å². The van der Waals surface area contributed by atoms with Crippen molar-refractivity contribution in [1.29, 1.82) is 0 Å². The molecule has 3 fully saturated rings. The van der Waals surface area contributed by atoms with Gasteiger partial charge in [-0.15, -0.1) is 0 Å². The molecule has 1 heterocycles. The Kier molecular flexibility index (Phi) is 1.93. The van der Waals surface area contributed by atoms with Crippen molar-refractivity contribution in [2.75, 3.05) is 6.54 Å². The zero-order chi connectivity index (χ0) is 12.6. The van der Waals surface area contributed by atoms with Crippen molar-refractivity contribution in [3.63, 3.8) is 0 Å². The van der Waals surface area contributed by atoms with Crippen molar-refractivity contribution in [3.05, 3.63) is 12.2 Å². The van der Waals surface area contributed by atoms with Gasteiger partial charge in [0.2, 0.25) is 17.1 Å². The van der Waals surface area contributed by atoms with Gasteiger partial charge < -0.3 is 0 Å². The Bertz CT molecular complexity index is 478. The Morgan fingerprint density at radius 3 is 2.11 bits per heavy atom. The van der Waals surface area contributed by atoms with Gasteiger partial charge >= 0.3 is 0 Å². The Balaban J connectivity index is 1.72. The maximum Gasteiger partial charge on any atom is 0.241 e. The first-order chi connectivity index (χ1) is 8.59. The van der Waals surface area contributed by atoms with Gasteiger partial charge in [-0.1, -0.05) is 12.2 Å². The number of hydrogen-bond acceptors (Lipinski definition) is 3. The minimum Gasteiger partial charge on any atom is -0.279 e. The molecule has 0 aromatic carbocycles. The summed E-state index contributed by atoms with van der Waals surface area (Å²) < 4.78 is 0. The molecule has 4 aliphatic carbocycles. The SMILES string of the molecule is O=C(Cl)CN1C(=O)[C@@H]2[C@H]3C=C[C@@H]([C@@H]4C[C@H]34)[C@H]2C1=O. The molecule has 0 aromatic rings. The number of carbonyl (C=O) groups is 3. The van der Waals surface area contributed by atoms with E-state index in [1.165, 1.54) is 0 Å². The lowest BCUT2D eigenvalue weighted by Gasteiger charge is -2.37. The minimum absolute atomic E-state index is 0.191. The molecule has 94 valence electrons. The van der Waals surface area contributed by atoms with E-state index in [-0.39, 0.29) is 42.0 Å². The fraction of sp³-hybridized carbons (Fsp3) is 0.615. The summed E-state index contributed by atoms with van der Waals surface area (Å²) >= 11 is 5.31. The molecule has 0 spiro atoms. The smallest absolute Gasteiger partial charge is 0.241 e. The van der Waals surface area contributed by atoms with E-state index < -0.39 is 5.24 Å². The molecule has 1 aliphatic heterocycles. The van der Waals surface area contributed by atoms with E-state index in [1.54, 1.807) is 0 Å². The zero-order valence-corrected chi connectivity index (χ0v) is 10.3. The first-order valence-electron chi connectivity index (χ1n) is 6.31. The van der Waals surface area contributed by atoms with E-state index in [0.717, 1.165) is 11.3 Å². The average Bonchev–Trinajstić information content (AvgIpc) is 3.11. The molecule has 0 N–H and O–H groups in total. The van der Waals surface area contributed by atoms with E-state index in [1.807, 2.05) is 0 Å². The fourth-order valence-electron chi connectivity index (χ4n) is 4.30. The number of carbonyl (C=O) groups excluding carboxylic acids is 3. The predicted octanol–water partition coefficient (Wildman–Crippen LogP) is 0.805. The summed E-state index contributed by atoms with van der Waals surface area (Å²) in [6.45, 7) is -0.277. The predicted molar refractivity (Wildman–Crippen MR) is 62.3 cm³/mol. The van der Waals surface area contributed by atoms with Gasteiger partial charge in [-0.25, -0.2) is 0 Å². The quantitative estimate of drug-likeness (QED) is 0.422. The molecule has 0 radical (unpaired) electrons. The number of imide groups is 1. The van der Waals surface area contributed by atoms with Crippen LogP contribution in [0.1, 0.15) is 6.42 Å². The van der Waals surface area contributed by atoms with E-state index in [9.17, 15) is 14.4 Å². The fourth-order valence-corrected chi connectivity index (χ4v) is 4.42. The van der Waals surface area contributed by atoms with E-state index >= 15 is 0 Å². The molecule has 0 aromatic heterocycles. The molecule has 0 unspecified atom stereocenters. The monoisotopic (exact) mass is 265 g/mol. The van der Waals surface area contributed by atoms with Gasteiger partial charge in [-0.2, -0.15) is 0 Å². The third kappa shape index (κ3) is 1.14. The number of amides is 2. The van der Waals surface area contributed by atoms with Gasteiger partial charge in [0.05, 0.1) is 11.8 Å². The summed E-state index contributed by atoms with van der Waals surface area (Å²) in [5, 5.41) is -0.652. The van der Waals surface area contributed by atoms with Crippen molar-refractivity contribution in [3.8, 4) is 0 Å². The highest BCUT2D eigenvalue weighted by Crippen LogP contribution is 2.65. The number of likely N-dealkylation sites (tertiary alicyclic amines) is 1. The molecule has 5 aliphatic rings. The molecule has 2 saturated carbocycles. The third-order valence-electron chi connectivity index (χ3n) is 5.04. The van der Waals surface area contributed by atoms with Gasteiger partial charge in [0, 0.05) is 0 Å². The molecular formula is C13H12ClNO3. The van der Waals surface area contributed by atoms with Gasteiger partial charge in [0.1, 0.15) is 6.54 Å². The molecule has 5 heteroatoms. The lowest BCUT2D eigenvalue weighted by molar-refractivity contribution is -0.142. The number of halogens is 1. The summed E-state index contributed by atoms with van der Waals surface area (Å²) in [6, 6.07) is 0. The van der Waals surface area contributed by atoms with Gasteiger partial charge in [-0.3, -0.25) is 19.3 Å². The molecule has 2 amide bonds. The highest BCUT2D eigenvalue weighted by atomic mass is 35.5. The van der Waals surface area contributed by atoms with Crippen LogP contribution in [0, 0.1) is 35.5 Å². The second kappa shape index (κ2) is 3.23. The second-order valence-electron chi connectivity index (χ2n) is 5.77. The molecule has 4 nitrogen and oxygen atoms in total. The highest BCUT2D eigenvalue weighted by molar-refractivity contribution is 6.64. The molecule has 18 heavy (non-hydrogen) atoms. The second-order valence-corrected chi connectivity index (χ2v) is 6.19. The number of nitrogens with zero attached hydrogens (tertiary/aromatic N) is 1. The normalized spacial score (nSPS) is 47.3. The van der Waals surface area contributed by atoms with Gasteiger partial charge in [-0.05, 0) is 41.7 Å². The Labute approximate surface area is 109 Å². The number of allylic oxidation sites excluding steroid dienone is 2. The standard InChI is InChI=1S/C13H12ClNO3/c14-9(16)4-15-12(17)10-5-1-2-6(8-3-7(5)8)11(10)13(15)18/h1-2,5-8,10-11H,3-4H2/t5-,6-,7-,8+,10+,11+/m0/s1. The Morgan fingerprint density at radius 1 is 1.17 bits per heavy atom. The molecular weight excluding hydrogens is 254 g/mol.